The zero-order valence-corrected chi connectivity index (χ0v) is 21.9. The van der Waals surface area contributed by atoms with Gasteiger partial charge in [-0.1, -0.05) is 11.6 Å². The molecule has 0 saturated carbocycles. The molecule has 0 bridgehead atoms. The number of hydrogen-bond donors (Lipinski definition) is 3. The fraction of sp³-hybridized carbons (Fsp3) is 0.476. The number of nitrogens with one attached hydrogen (secondary N) is 1. The number of alkyl carbamates (subject to hydrolysis) is 1. The Labute approximate surface area is 215 Å². The zero-order chi connectivity index (χ0) is 27.7. The first-order valence-corrected chi connectivity index (χ1v) is 13.0. The van der Waals surface area contributed by atoms with Gasteiger partial charge in [0, 0.05) is 30.5 Å². The van der Waals surface area contributed by atoms with Crippen LogP contribution < -0.4 is 5.32 Å². The number of ether oxygens (including phenoxy) is 1. The average Bonchev–Trinajstić information content (AvgIpc) is 3.16. The molecule has 36 heavy (non-hydrogen) atoms. The van der Waals surface area contributed by atoms with Gasteiger partial charge in [-0.25, -0.2) is 4.79 Å². The first-order chi connectivity index (χ1) is 16.4. The molecule has 2 aromatic rings. The summed E-state index contributed by atoms with van der Waals surface area (Å²) >= 11 is 6.55. The van der Waals surface area contributed by atoms with Crippen LogP contribution in [0, 0.1) is 0 Å². The molecule has 0 atom stereocenters. The summed E-state index contributed by atoms with van der Waals surface area (Å²) in [7, 11) is -4.29. The number of alkyl halides is 3. The molecule has 1 amide bonds. The molecule has 0 aliphatic carbocycles. The fourth-order valence-corrected chi connectivity index (χ4v) is 4.37. The Bertz CT molecular complexity index is 1150. The molecule has 0 aliphatic rings. The normalized spacial score (nSPS) is 11.9. The van der Waals surface area contributed by atoms with Crippen LogP contribution in [0.2, 0.25) is 5.02 Å². The Kier molecular flexibility index (Phi) is 11.6. The Hall–Kier alpha value is -2.42. The van der Waals surface area contributed by atoms with Gasteiger partial charge in [-0.2, -0.15) is 21.6 Å². The Morgan fingerprint density at radius 3 is 2.31 bits per heavy atom. The maximum absolute atomic E-state index is 12.5. The summed E-state index contributed by atoms with van der Waals surface area (Å²) in [6.07, 6.45) is -2.92. The first kappa shape index (κ1) is 31.6. The highest BCUT2D eigenvalue weighted by molar-refractivity contribution is 7.88. The number of unbranched alkanes of at least 4 members (excludes halogenated alkanes) is 1. The van der Waals surface area contributed by atoms with E-state index in [-0.39, 0.29) is 27.8 Å². The van der Waals surface area contributed by atoms with Crippen LogP contribution in [0.5, 0.6) is 0 Å². The number of carboxylic acid groups (broad SMARTS) is 1. The van der Waals surface area contributed by atoms with Crippen molar-refractivity contribution >= 4 is 45.1 Å². The number of thiophene rings is 1. The van der Waals surface area contributed by atoms with Gasteiger partial charge in [0.15, 0.2) is 0 Å². The molecule has 2 heterocycles. The summed E-state index contributed by atoms with van der Waals surface area (Å²) in [4.78, 5) is 25.4. The number of halogens is 4. The minimum atomic E-state index is -4.53. The molecule has 0 aliphatic heterocycles. The molecule has 0 unspecified atom stereocenters. The lowest BCUT2D eigenvalue weighted by molar-refractivity contribution is -0.138. The van der Waals surface area contributed by atoms with E-state index in [1.165, 1.54) is 12.1 Å². The predicted octanol–water partition coefficient (Wildman–Crippen LogP) is 5.42. The van der Waals surface area contributed by atoms with Crippen LogP contribution in [-0.4, -0.2) is 47.3 Å². The quantitative estimate of drug-likeness (QED) is 0.280. The zero-order valence-electron chi connectivity index (χ0n) is 19.6. The van der Waals surface area contributed by atoms with E-state index in [1.807, 2.05) is 0 Å². The molecule has 0 radical (unpaired) electrons. The van der Waals surface area contributed by atoms with Crippen molar-refractivity contribution in [2.75, 3.05) is 6.54 Å². The van der Waals surface area contributed by atoms with Gasteiger partial charge in [-0.3, -0.25) is 14.3 Å². The van der Waals surface area contributed by atoms with Crippen LogP contribution in [0.25, 0.3) is 0 Å². The molecule has 0 saturated heterocycles. The number of carbonyl (C=O) groups excluding carboxylic acids is 1. The number of aromatic nitrogens is 1. The molecule has 9 nitrogen and oxygen atoms in total. The third-order valence-electron chi connectivity index (χ3n) is 3.96. The fourth-order valence-electron chi connectivity index (χ4n) is 2.41. The Morgan fingerprint density at radius 2 is 1.83 bits per heavy atom. The number of rotatable bonds is 8. The molecule has 0 aromatic carbocycles. The van der Waals surface area contributed by atoms with Crippen LogP contribution in [0.3, 0.4) is 0 Å². The van der Waals surface area contributed by atoms with Gasteiger partial charge in [0.2, 0.25) is 0 Å². The molecule has 3 N–H and O–H groups in total. The van der Waals surface area contributed by atoms with Gasteiger partial charge >= 0.3 is 28.4 Å². The summed E-state index contributed by atoms with van der Waals surface area (Å²) < 4.78 is 72.9. The van der Waals surface area contributed by atoms with E-state index in [9.17, 15) is 31.2 Å². The van der Waals surface area contributed by atoms with Crippen molar-refractivity contribution in [3.63, 3.8) is 0 Å². The SMILES string of the molecule is CC(C)(C)OC(=O)NCCCCC(=O)O.O=S(=O)(O)c1ccc(Cc2ncc(C(F)(F)F)cc2Cl)s1. The largest absolute Gasteiger partial charge is 0.481 e. The summed E-state index contributed by atoms with van der Waals surface area (Å²) in [5.41, 5.74) is -1.26. The number of carbonyl (C=O) groups is 2. The summed E-state index contributed by atoms with van der Waals surface area (Å²) in [6.45, 7) is 5.81. The maximum atomic E-state index is 12.5. The summed E-state index contributed by atoms with van der Waals surface area (Å²) in [6, 6.07) is 3.40. The molecular formula is C21H26ClF3N2O7S2. The van der Waals surface area contributed by atoms with Gasteiger partial charge < -0.3 is 15.2 Å². The van der Waals surface area contributed by atoms with Crippen LogP contribution in [0.15, 0.2) is 28.6 Å². The molecule has 15 heteroatoms. The highest BCUT2D eigenvalue weighted by Gasteiger charge is 2.31. The minimum absolute atomic E-state index is 0.0666. The second kappa shape index (κ2) is 13.2. The van der Waals surface area contributed by atoms with E-state index in [2.05, 4.69) is 10.3 Å². The second-order valence-electron chi connectivity index (χ2n) is 8.30. The van der Waals surface area contributed by atoms with E-state index >= 15 is 0 Å². The van der Waals surface area contributed by atoms with Crippen molar-refractivity contribution in [3.8, 4) is 0 Å². The monoisotopic (exact) mass is 574 g/mol. The third-order valence-corrected chi connectivity index (χ3v) is 6.70. The number of aliphatic carboxylic acids is 1. The van der Waals surface area contributed by atoms with Crippen molar-refractivity contribution in [3.05, 3.63) is 45.6 Å². The van der Waals surface area contributed by atoms with E-state index in [0.29, 0.717) is 30.5 Å². The summed E-state index contributed by atoms with van der Waals surface area (Å²) in [5, 5.41) is 10.8. The van der Waals surface area contributed by atoms with Gasteiger partial charge in [-0.15, -0.1) is 11.3 Å². The molecule has 202 valence electrons. The third kappa shape index (κ3) is 12.5. The lowest BCUT2D eigenvalue weighted by atomic mass is 10.2. The number of nitrogens with zero attached hydrogens (tertiary/aromatic N) is 1. The van der Waals surface area contributed by atoms with E-state index in [4.69, 9.17) is 26.0 Å². The van der Waals surface area contributed by atoms with Crippen molar-refractivity contribution in [2.24, 2.45) is 0 Å². The lowest BCUT2D eigenvalue weighted by Crippen LogP contribution is -2.33. The van der Waals surface area contributed by atoms with Crippen LogP contribution in [-0.2, 0) is 32.2 Å². The van der Waals surface area contributed by atoms with Crippen LogP contribution in [0.1, 0.15) is 56.2 Å². The van der Waals surface area contributed by atoms with Gasteiger partial charge in [0.05, 0.1) is 16.3 Å². The number of carboxylic acids is 1. The number of pyridine rings is 1. The van der Waals surface area contributed by atoms with Gasteiger partial charge in [0.25, 0.3) is 0 Å². The Balaban J connectivity index is 0.000000384. The van der Waals surface area contributed by atoms with Gasteiger partial charge in [-0.05, 0) is 51.8 Å². The average molecular weight is 575 g/mol. The lowest BCUT2D eigenvalue weighted by Gasteiger charge is -2.19. The van der Waals surface area contributed by atoms with Gasteiger partial charge in [0.1, 0.15) is 9.81 Å². The smallest absolute Gasteiger partial charge is 0.417 e. The minimum Gasteiger partial charge on any atom is -0.481 e. The standard InChI is InChI=1S/C11H7ClF3NO3S2.C10H19NO4/c12-8-3-6(11(13,14)15)5-16-9(8)4-7-1-2-10(20-7)21(17,18)19;1-10(2,3)15-9(14)11-7-5-4-6-8(12)13/h1-3,5H,4H2,(H,17,18,19);4-7H2,1-3H3,(H,11,14)(H,12,13). The van der Waals surface area contributed by atoms with Crippen molar-refractivity contribution in [1.82, 2.24) is 10.3 Å². The topological polar surface area (TPSA) is 143 Å². The number of amides is 1. The molecule has 0 fully saturated rings. The van der Waals surface area contributed by atoms with E-state index in [0.717, 1.165) is 17.4 Å². The predicted molar refractivity (Wildman–Crippen MR) is 127 cm³/mol. The van der Waals surface area contributed by atoms with Crippen molar-refractivity contribution < 1.29 is 45.6 Å². The first-order valence-electron chi connectivity index (χ1n) is 10.3. The highest BCUT2D eigenvalue weighted by Crippen LogP contribution is 2.32. The van der Waals surface area contributed by atoms with Crippen LogP contribution in [0.4, 0.5) is 18.0 Å². The summed E-state index contributed by atoms with van der Waals surface area (Å²) in [5.74, 6) is -0.813. The van der Waals surface area contributed by atoms with Crippen LogP contribution >= 0.6 is 22.9 Å². The molecule has 2 rings (SSSR count). The Morgan fingerprint density at radius 1 is 1.19 bits per heavy atom. The highest BCUT2D eigenvalue weighted by atomic mass is 35.5. The number of hydrogen-bond acceptors (Lipinski definition) is 7. The molecule has 0 spiro atoms. The van der Waals surface area contributed by atoms with E-state index in [1.54, 1.807) is 20.8 Å². The second-order valence-corrected chi connectivity index (χ2v) is 11.5. The van der Waals surface area contributed by atoms with Crippen molar-refractivity contribution in [1.29, 1.82) is 0 Å². The maximum Gasteiger partial charge on any atom is 0.417 e. The van der Waals surface area contributed by atoms with Crippen molar-refractivity contribution in [2.45, 2.75) is 62.4 Å². The van der Waals surface area contributed by atoms with E-state index < -0.39 is 39.5 Å². The molecule has 2 aromatic heterocycles. The molecular weight excluding hydrogens is 549 g/mol.